The maximum absolute atomic E-state index is 13.8. The number of aliphatic carboxylic acids is 1. The number of aromatic hydroxyl groups is 1. The number of carboxylic acids is 1. The number of halogens is 1. The number of phenolic OH excluding ortho intramolecular Hbond substituents is 1. The summed E-state index contributed by atoms with van der Waals surface area (Å²) in [4.78, 5) is 12.9. The lowest BCUT2D eigenvalue weighted by Gasteiger charge is -2.36. The molecule has 110 valence electrons. The van der Waals surface area contributed by atoms with Crippen LogP contribution in [0.15, 0.2) is 18.2 Å². The molecule has 0 bridgehead atoms. The number of carbonyl (C=O) groups is 1. The minimum atomic E-state index is -0.749. The zero-order valence-corrected chi connectivity index (χ0v) is 11.6. The van der Waals surface area contributed by atoms with E-state index in [4.69, 9.17) is 5.11 Å². The second-order valence-electron chi connectivity index (χ2n) is 5.46. The fourth-order valence-electron chi connectivity index (χ4n) is 2.84. The summed E-state index contributed by atoms with van der Waals surface area (Å²) < 4.78 is 13.8. The highest BCUT2D eigenvalue weighted by Gasteiger charge is 2.26. The Morgan fingerprint density at radius 2 is 2.10 bits per heavy atom. The number of hydrogen-bond acceptors (Lipinski definition) is 3. The van der Waals surface area contributed by atoms with E-state index in [1.807, 2.05) is 6.92 Å². The van der Waals surface area contributed by atoms with Crippen molar-refractivity contribution in [2.24, 2.45) is 5.92 Å². The first kappa shape index (κ1) is 14.8. The van der Waals surface area contributed by atoms with E-state index in [1.54, 1.807) is 6.07 Å². The number of likely N-dealkylation sites (tertiary alicyclic amines) is 1. The molecule has 0 aromatic heterocycles. The second kappa shape index (κ2) is 6.22. The molecule has 1 aromatic carbocycles. The summed E-state index contributed by atoms with van der Waals surface area (Å²) in [5.41, 5.74) is 0.569. The lowest BCUT2D eigenvalue weighted by atomic mass is 9.92. The van der Waals surface area contributed by atoms with E-state index < -0.39 is 11.8 Å². The van der Waals surface area contributed by atoms with Gasteiger partial charge in [0.1, 0.15) is 11.6 Å². The molecule has 0 spiro atoms. The van der Waals surface area contributed by atoms with Gasteiger partial charge in [0, 0.05) is 24.1 Å². The summed E-state index contributed by atoms with van der Waals surface area (Å²) in [5.74, 6) is -0.995. The number of rotatable bonds is 4. The zero-order valence-electron chi connectivity index (χ0n) is 11.6. The zero-order chi connectivity index (χ0) is 14.7. The van der Waals surface area contributed by atoms with Crippen LogP contribution in [-0.2, 0) is 4.79 Å². The molecule has 1 atom stereocenters. The molecule has 2 rings (SSSR count). The number of hydrogen-bond donors (Lipinski definition) is 2. The Kier molecular flexibility index (Phi) is 4.60. The predicted octanol–water partition coefficient (Wildman–Crippen LogP) is 2.78. The Morgan fingerprint density at radius 1 is 1.45 bits per heavy atom. The molecule has 1 aromatic rings. The average molecular weight is 281 g/mol. The van der Waals surface area contributed by atoms with Crippen molar-refractivity contribution in [2.75, 3.05) is 13.1 Å². The third-order valence-electron chi connectivity index (χ3n) is 4.09. The molecule has 0 amide bonds. The van der Waals surface area contributed by atoms with Gasteiger partial charge in [-0.2, -0.15) is 0 Å². The quantitative estimate of drug-likeness (QED) is 0.891. The van der Waals surface area contributed by atoms with Gasteiger partial charge in [-0.25, -0.2) is 4.39 Å². The summed E-state index contributed by atoms with van der Waals surface area (Å²) in [5, 5.41) is 18.0. The first-order valence-electron chi connectivity index (χ1n) is 6.91. The Bertz CT molecular complexity index is 484. The van der Waals surface area contributed by atoms with Crippen LogP contribution in [0, 0.1) is 11.7 Å². The van der Waals surface area contributed by atoms with Gasteiger partial charge in [0.25, 0.3) is 0 Å². The molecular weight excluding hydrogens is 261 g/mol. The summed E-state index contributed by atoms with van der Waals surface area (Å²) in [6.45, 7) is 3.49. The number of nitrogens with zero attached hydrogens (tertiary/aromatic N) is 1. The van der Waals surface area contributed by atoms with E-state index >= 15 is 0 Å². The van der Waals surface area contributed by atoms with Crippen LogP contribution in [0.5, 0.6) is 5.75 Å². The number of phenols is 1. The van der Waals surface area contributed by atoms with Crippen molar-refractivity contribution >= 4 is 5.97 Å². The Hall–Kier alpha value is -1.62. The molecule has 1 aliphatic rings. The molecule has 1 saturated heterocycles. The van der Waals surface area contributed by atoms with Crippen molar-refractivity contribution in [1.29, 1.82) is 0 Å². The standard InChI is InChI=1S/C15H20FNO3/c1-10(13-3-2-12(18)9-14(13)16)17-6-4-11(5-7-17)8-15(19)20/h2-3,9-11,18H,4-8H2,1H3,(H,19,20). The molecular formula is C15H20FNO3. The fourth-order valence-corrected chi connectivity index (χ4v) is 2.84. The largest absolute Gasteiger partial charge is 0.508 e. The SMILES string of the molecule is CC(c1ccc(O)cc1F)N1CCC(CC(=O)O)CC1. The lowest BCUT2D eigenvalue weighted by molar-refractivity contribution is -0.138. The average Bonchev–Trinajstić information content (AvgIpc) is 2.38. The second-order valence-corrected chi connectivity index (χ2v) is 5.46. The van der Waals surface area contributed by atoms with E-state index in [0.717, 1.165) is 32.0 Å². The minimum absolute atomic E-state index is 0.0682. The third kappa shape index (κ3) is 3.48. The topological polar surface area (TPSA) is 60.8 Å². The maximum Gasteiger partial charge on any atom is 0.303 e. The van der Waals surface area contributed by atoms with Gasteiger partial charge >= 0.3 is 5.97 Å². The van der Waals surface area contributed by atoms with Crippen molar-refractivity contribution in [3.8, 4) is 5.75 Å². The summed E-state index contributed by atoms with van der Waals surface area (Å²) in [6.07, 6.45) is 1.88. The van der Waals surface area contributed by atoms with E-state index in [9.17, 15) is 14.3 Å². The molecule has 5 heteroatoms. The van der Waals surface area contributed by atoms with Crippen molar-refractivity contribution in [3.05, 3.63) is 29.6 Å². The van der Waals surface area contributed by atoms with Crippen LogP contribution in [0.2, 0.25) is 0 Å². The predicted molar refractivity (Wildman–Crippen MR) is 73.0 cm³/mol. The van der Waals surface area contributed by atoms with Gasteiger partial charge in [0.2, 0.25) is 0 Å². The molecule has 1 heterocycles. The molecule has 0 radical (unpaired) electrons. The Balaban J connectivity index is 1.97. The summed E-state index contributed by atoms with van der Waals surface area (Å²) in [6, 6.07) is 4.16. The molecule has 4 nitrogen and oxygen atoms in total. The highest BCUT2D eigenvalue weighted by molar-refractivity contribution is 5.67. The molecule has 0 aliphatic carbocycles. The highest BCUT2D eigenvalue weighted by atomic mass is 19.1. The lowest BCUT2D eigenvalue weighted by Crippen LogP contribution is -2.36. The van der Waals surface area contributed by atoms with E-state index in [0.29, 0.717) is 5.56 Å². The van der Waals surface area contributed by atoms with Crippen molar-refractivity contribution in [2.45, 2.75) is 32.2 Å². The minimum Gasteiger partial charge on any atom is -0.508 e. The van der Waals surface area contributed by atoms with Crippen molar-refractivity contribution in [3.63, 3.8) is 0 Å². The van der Waals surface area contributed by atoms with Crippen molar-refractivity contribution < 1.29 is 19.4 Å². The molecule has 2 N–H and O–H groups in total. The molecule has 1 aliphatic heterocycles. The summed E-state index contributed by atoms with van der Waals surface area (Å²) >= 11 is 0. The molecule has 1 unspecified atom stereocenters. The van der Waals surface area contributed by atoms with Gasteiger partial charge in [-0.1, -0.05) is 6.07 Å². The first-order valence-corrected chi connectivity index (χ1v) is 6.91. The van der Waals surface area contributed by atoms with Crippen LogP contribution < -0.4 is 0 Å². The van der Waals surface area contributed by atoms with Crippen LogP contribution in [0.3, 0.4) is 0 Å². The van der Waals surface area contributed by atoms with Crippen LogP contribution in [-0.4, -0.2) is 34.2 Å². The Labute approximate surface area is 117 Å². The van der Waals surface area contributed by atoms with Gasteiger partial charge in [-0.3, -0.25) is 9.69 Å². The van der Waals surface area contributed by atoms with E-state index in [-0.39, 0.29) is 24.1 Å². The van der Waals surface area contributed by atoms with Gasteiger partial charge < -0.3 is 10.2 Å². The highest BCUT2D eigenvalue weighted by Crippen LogP contribution is 2.30. The molecule has 1 fully saturated rings. The van der Waals surface area contributed by atoms with Crippen LogP contribution >= 0.6 is 0 Å². The van der Waals surface area contributed by atoms with Gasteiger partial charge in [-0.05, 0) is 44.8 Å². The van der Waals surface area contributed by atoms with Crippen LogP contribution in [0.25, 0.3) is 0 Å². The van der Waals surface area contributed by atoms with Crippen LogP contribution in [0.4, 0.5) is 4.39 Å². The first-order chi connectivity index (χ1) is 9.47. The monoisotopic (exact) mass is 281 g/mol. The van der Waals surface area contributed by atoms with Gasteiger partial charge in [0.15, 0.2) is 0 Å². The van der Waals surface area contributed by atoms with Crippen LogP contribution in [0.1, 0.15) is 37.8 Å². The third-order valence-corrected chi connectivity index (χ3v) is 4.09. The van der Waals surface area contributed by atoms with E-state index in [1.165, 1.54) is 6.07 Å². The normalized spacial score (nSPS) is 18.9. The van der Waals surface area contributed by atoms with Gasteiger partial charge in [-0.15, -0.1) is 0 Å². The Morgan fingerprint density at radius 3 is 2.65 bits per heavy atom. The summed E-state index contributed by atoms with van der Waals surface area (Å²) in [7, 11) is 0. The van der Waals surface area contributed by atoms with E-state index in [2.05, 4.69) is 4.90 Å². The van der Waals surface area contributed by atoms with Gasteiger partial charge in [0.05, 0.1) is 0 Å². The fraction of sp³-hybridized carbons (Fsp3) is 0.533. The number of benzene rings is 1. The molecule has 0 saturated carbocycles. The van der Waals surface area contributed by atoms with Crippen molar-refractivity contribution in [1.82, 2.24) is 4.90 Å². The number of carboxylic acid groups (broad SMARTS) is 1. The number of piperidine rings is 1. The smallest absolute Gasteiger partial charge is 0.303 e. The molecule has 20 heavy (non-hydrogen) atoms. The maximum atomic E-state index is 13.8.